The summed E-state index contributed by atoms with van der Waals surface area (Å²) in [5.74, 6) is 0.147. The van der Waals surface area contributed by atoms with E-state index in [4.69, 9.17) is 4.74 Å². The molecule has 7 heteroatoms. The summed E-state index contributed by atoms with van der Waals surface area (Å²) in [6, 6.07) is 13.7. The Kier molecular flexibility index (Phi) is 6.35. The summed E-state index contributed by atoms with van der Waals surface area (Å²) in [5.41, 5.74) is 1.76. The first-order chi connectivity index (χ1) is 12.6. The van der Waals surface area contributed by atoms with Crippen molar-refractivity contribution in [3.63, 3.8) is 0 Å². The van der Waals surface area contributed by atoms with Crippen molar-refractivity contribution in [1.29, 1.82) is 0 Å². The number of rotatable bonds is 7. The van der Waals surface area contributed by atoms with Crippen LogP contribution >= 0.6 is 27.3 Å². The quantitative estimate of drug-likeness (QED) is 0.558. The van der Waals surface area contributed by atoms with Crippen molar-refractivity contribution >= 4 is 33.2 Å². The van der Waals surface area contributed by atoms with Gasteiger partial charge in [-0.25, -0.2) is 9.37 Å². The lowest BCUT2D eigenvalue weighted by Crippen LogP contribution is -2.29. The molecule has 0 radical (unpaired) electrons. The molecular formula is C19H16BrFN2O2S. The summed E-state index contributed by atoms with van der Waals surface area (Å²) in [4.78, 5) is 16.5. The van der Waals surface area contributed by atoms with Crippen LogP contribution in [-0.4, -0.2) is 24.0 Å². The van der Waals surface area contributed by atoms with Crippen molar-refractivity contribution in [3.8, 4) is 16.3 Å². The predicted molar refractivity (Wildman–Crippen MR) is 104 cm³/mol. The maximum absolute atomic E-state index is 12.8. The molecule has 134 valence electrons. The number of benzene rings is 2. The summed E-state index contributed by atoms with van der Waals surface area (Å²) < 4.78 is 19.2. The Morgan fingerprint density at radius 1 is 1.23 bits per heavy atom. The molecule has 4 nitrogen and oxygen atoms in total. The van der Waals surface area contributed by atoms with E-state index in [0.29, 0.717) is 18.9 Å². The van der Waals surface area contributed by atoms with Crippen LogP contribution in [0.25, 0.3) is 10.6 Å². The number of nitrogens with one attached hydrogen (secondary N) is 1. The predicted octanol–water partition coefficient (Wildman–Crippen LogP) is 4.45. The van der Waals surface area contributed by atoms with Gasteiger partial charge in [0.15, 0.2) is 0 Å². The van der Waals surface area contributed by atoms with Crippen molar-refractivity contribution in [2.45, 2.75) is 6.42 Å². The lowest BCUT2D eigenvalue weighted by atomic mass is 10.2. The van der Waals surface area contributed by atoms with E-state index in [2.05, 4.69) is 26.2 Å². The minimum absolute atomic E-state index is 0.112. The van der Waals surface area contributed by atoms with Gasteiger partial charge < -0.3 is 10.1 Å². The standard InChI is InChI=1S/C19H16BrFN2O2S/c20-14-3-1-2-13(10-14)19-23-16(12-26-19)11-18(24)22-8-9-25-17-6-4-15(21)5-7-17/h1-7,10,12H,8-9,11H2,(H,22,24). The molecule has 1 amide bonds. The molecule has 0 spiro atoms. The molecule has 0 aliphatic carbocycles. The van der Waals surface area contributed by atoms with Crippen LogP contribution in [0.2, 0.25) is 0 Å². The summed E-state index contributed by atoms with van der Waals surface area (Å²) in [6.07, 6.45) is 0.223. The molecule has 0 fully saturated rings. The van der Waals surface area contributed by atoms with Crippen LogP contribution in [0.15, 0.2) is 58.4 Å². The van der Waals surface area contributed by atoms with Gasteiger partial charge in [0.25, 0.3) is 0 Å². The Balaban J connectivity index is 1.44. The molecule has 0 atom stereocenters. The molecule has 0 aliphatic heterocycles. The first kappa shape index (κ1) is 18.5. The van der Waals surface area contributed by atoms with Crippen LogP contribution < -0.4 is 10.1 Å². The van der Waals surface area contributed by atoms with Crippen LogP contribution in [-0.2, 0) is 11.2 Å². The van der Waals surface area contributed by atoms with Crippen LogP contribution in [0.5, 0.6) is 5.75 Å². The van der Waals surface area contributed by atoms with Crippen molar-refractivity contribution in [2.24, 2.45) is 0 Å². The van der Waals surface area contributed by atoms with Gasteiger partial charge in [0.05, 0.1) is 18.7 Å². The largest absolute Gasteiger partial charge is 0.492 e. The number of hydrogen-bond donors (Lipinski definition) is 1. The molecule has 0 aliphatic rings. The summed E-state index contributed by atoms with van der Waals surface area (Å²) in [6.45, 7) is 0.691. The number of halogens is 2. The Morgan fingerprint density at radius 2 is 2.04 bits per heavy atom. The SMILES string of the molecule is O=C(Cc1csc(-c2cccc(Br)c2)n1)NCCOc1ccc(F)cc1. The minimum atomic E-state index is -0.309. The van der Waals surface area contributed by atoms with Gasteiger partial charge in [-0.15, -0.1) is 11.3 Å². The normalized spacial score (nSPS) is 10.5. The molecule has 1 N–H and O–H groups in total. The number of thiazole rings is 1. The number of aromatic nitrogens is 1. The zero-order chi connectivity index (χ0) is 18.4. The third-order valence-corrected chi connectivity index (χ3v) is 4.91. The highest BCUT2D eigenvalue weighted by atomic mass is 79.9. The third kappa shape index (κ3) is 5.37. The van der Waals surface area contributed by atoms with Crippen LogP contribution in [0, 0.1) is 5.82 Å². The highest BCUT2D eigenvalue weighted by molar-refractivity contribution is 9.10. The summed E-state index contributed by atoms with van der Waals surface area (Å²) in [5, 5.41) is 5.57. The van der Waals surface area contributed by atoms with Crippen molar-refractivity contribution in [1.82, 2.24) is 10.3 Å². The number of carbonyl (C=O) groups excluding carboxylic acids is 1. The van der Waals surface area contributed by atoms with Gasteiger partial charge in [-0.2, -0.15) is 0 Å². The minimum Gasteiger partial charge on any atom is -0.492 e. The van der Waals surface area contributed by atoms with Gasteiger partial charge in [0, 0.05) is 15.4 Å². The molecule has 26 heavy (non-hydrogen) atoms. The first-order valence-electron chi connectivity index (χ1n) is 7.95. The second kappa shape index (κ2) is 8.91. The van der Waals surface area contributed by atoms with Crippen molar-refractivity contribution in [3.05, 3.63) is 69.9 Å². The van der Waals surface area contributed by atoms with Gasteiger partial charge in [0.1, 0.15) is 23.2 Å². The number of ether oxygens (including phenoxy) is 1. The van der Waals surface area contributed by atoms with E-state index in [1.165, 1.54) is 23.5 Å². The average Bonchev–Trinajstić information content (AvgIpc) is 3.09. The molecule has 0 saturated heterocycles. The highest BCUT2D eigenvalue weighted by Gasteiger charge is 2.09. The van der Waals surface area contributed by atoms with Crippen LogP contribution in [0.4, 0.5) is 4.39 Å². The molecule has 2 aromatic carbocycles. The van der Waals surface area contributed by atoms with E-state index in [1.54, 1.807) is 12.1 Å². The molecule has 0 saturated carbocycles. The molecule has 0 bridgehead atoms. The van der Waals surface area contributed by atoms with E-state index >= 15 is 0 Å². The average molecular weight is 435 g/mol. The van der Waals surface area contributed by atoms with Crippen molar-refractivity contribution < 1.29 is 13.9 Å². The molecular weight excluding hydrogens is 419 g/mol. The first-order valence-corrected chi connectivity index (χ1v) is 9.63. The van der Waals surface area contributed by atoms with Crippen LogP contribution in [0.3, 0.4) is 0 Å². The Bertz CT molecular complexity index is 883. The molecule has 1 aromatic heterocycles. The third-order valence-electron chi connectivity index (χ3n) is 3.47. The van der Waals surface area contributed by atoms with Crippen molar-refractivity contribution in [2.75, 3.05) is 13.2 Å². The lowest BCUT2D eigenvalue weighted by molar-refractivity contribution is -0.120. The maximum Gasteiger partial charge on any atom is 0.226 e. The Morgan fingerprint density at radius 3 is 2.81 bits per heavy atom. The number of amides is 1. The van der Waals surface area contributed by atoms with Gasteiger partial charge in [0.2, 0.25) is 5.91 Å². The monoisotopic (exact) mass is 434 g/mol. The van der Waals surface area contributed by atoms with E-state index in [0.717, 1.165) is 20.7 Å². The lowest BCUT2D eigenvalue weighted by Gasteiger charge is -2.07. The number of hydrogen-bond acceptors (Lipinski definition) is 4. The topological polar surface area (TPSA) is 51.2 Å². The Labute approximate surface area is 163 Å². The maximum atomic E-state index is 12.8. The smallest absolute Gasteiger partial charge is 0.226 e. The van der Waals surface area contributed by atoms with Gasteiger partial charge in [-0.3, -0.25) is 4.79 Å². The van der Waals surface area contributed by atoms with E-state index in [1.807, 2.05) is 29.6 Å². The van der Waals surface area contributed by atoms with Gasteiger partial charge in [-0.05, 0) is 36.4 Å². The second-order valence-corrected chi connectivity index (χ2v) is 7.26. The molecule has 3 rings (SSSR count). The highest BCUT2D eigenvalue weighted by Crippen LogP contribution is 2.26. The summed E-state index contributed by atoms with van der Waals surface area (Å²) >= 11 is 4.96. The molecule has 0 unspecified atom stereocenters. The van der Waals surface area contributed by atoms with Gasteiger partial charge in [-0.1, -0.05) is 28.1 Å². The zero-order valence-corrected chi connectivity index (χ0v) is 16.1. The van der Waals surface area contributed by atoms with E-state index < -0.39 is 0 Å². The van der Waals surface area contributed by atoms with Crippen LogP contribution in [0.1, 0.15) is 5.69 Å². The fourth-order valence-corrected chi connectivity index (χ4v) is 3.48. The van der Waals surface area contributed by atoms with E-state index in [-0.39, 0.29) is 18.1 Å². The number of carbonyl (C=O) groups is 1. The molecule has 3 aromatic rings. The van der Waals surface area contributed by atoms with E-state index in [9.17, 15) is 9.18 Å². The fraction of sp³-hybridized carbons (Fsp3) is 0.158. The second-order valence-electron chi connectivity index (χ2n) is 5.48. The molecule has 1 heterocycles. The van der Waals surface area contributed by atoms with Gasteiger partial charge >= 0.3 is 0 Å². The zero-order valence-electron chi connectivity index (χ0n) is 13.7. The fourth-order valence-electron chi connectivity index (χ4n) is 2.26. The summed E-state index contributed by atoms with van der Waals surface area (Å²) in [7, 11) is 0. The Hall–Kier alpha value is -2.25. The number of nitrogens with zero attached hydrogens (tertiary/aromatic N) is 1.